The van der Waals surface area contributed by atoms with E-state index in [0.717, 1.165) is 17.0 Å². The molecule has 0 fully saturated rings. The Morgan fingerprint density at radius 3 is 2.70 bits per heavy atom. The van der Waals surface area contributed by atoms with Crippen molar-refractivity contribution >= 4 is 11.7 Å². The maximum atomic E-state index is 11.9. The van der Waals surface area contributed by atoms with Gasteiger partial charge in [-0.2, -0.15) is 0 Å². The zero-order valence-electron chi connectivity index (χ0n) is 14.5. The van der Waals surface area contributed by atoms with Gasteiger partial charge in [0.15, 0.2) is 0 Å². The molecule has 2 aromatic heterocycles. The highest BCUT2D eigenvalue weighted by molar-refractivity contribution is 5.73. The van der Waals surface area contributed by atoms with Gasteiger partial charge in [0, 0.05) is 25.5 Å². The highest BCUT2D eigenvalue weighted by Gasteiger charge is 2.24. The number of carbonyl (C=O) groups is 1. The summed E-state index contributed by atoms with van der Waals surface area (Å²) >= 11 is 0. The van der Waals surface area contributed by atoms with Crippen molar-refractivity contribution in [3.8, 4) is 0 Å². The average molecular weight is 318 g/mol. The maximum Gasteiger partial charge on any atom is 0.315 e. The monoisotopic (exact) mass is 318 g/mol. The maximum absolute atomic E-state index is 11.9. The normalized spacial score (nSPS) is 13.1. The van der Waals surface area contributed by atoms with Gasteiger partial charge in [0.1, 0.15) is 5.65 Å². The van der Waals surface area contributed by atoms with E-state index in [4.69, 9.17) is 4.74 Å². The number of nitrogens with zero attached hydrogens (tertiary/aromatic N) is 2. The molecule has 2 rings (SSSR count). The molecule has 126 valence electrons. The number of amides is 2. The molecule has 0 aliphatic carbocycles. The summed E-state index contributed by atoms with van der Waals surface area (Å²) in [6.07, 6.45) is 1.91. The molecule has 0 bridgehead atoms. The molecule has 2 N–H and O–H groups in total. The lowest BCUT2D eigenvalue weighted by molar-refractivity contribution is 0.0194. The number of pyridine rings is 1. The van der Waals surface area contributed by atoms with Gasteiger partial charge in [0.25, 0.3) is 0 Å². The summed E-state index contributed by atoms with van der Waals surface area (Å²) in [6, 6.07) is 5.72. The van der Waals surface area contributed by atoms with Crippen LogP contribution in [0.2, 0.25) is 0 Å². The number of imidazole rings is 1. The smallest absolute Gasteiger partial charge is 0.315 e. The van der Waals surface area contributed by atoms with Crippen molar-refractivity contribution in [2.75, 3.05) is 13.7 Å². The lowest BCUT2D eigenvalue weighted by Gasteiger charge is -2.29. The number of nitrogens with one attached hydrogen (secondary N) is 2. The summed E-state index contributed by atoms with van der Waals surface area (Å²) in [6.45, 7) is 9.13. The second kappa shape index (κ2) is 7.00. The number of carbonyl (C=O) groups excluding carboxylic acids is 1. The Morgan fingerprint density at radius 2 is 2.09 bits per heavy atom. The number of urea groups is 1. The van der Waals surface area contributed by atoms with Crippen molar-refractivity contribution in [2.45, 2.75) is 40.3 Å². The lowest BCUT2D eigenvalue weighted by atomic mass is 9.89. The number of methoxy groups -OCH3 is 1. The van der Waals surface area contributed by atoms with Gasteiger partial charge in [0.2, 0.25) is 0 Å². The van der Waals surface area contributed by atoms with Gasteiger partial charge < -0.3 is 19.8 Å². The fourth-order valence-corrected chi connectivity index (χ4v) is 2.45. The Bertz CT molecular complexity index is 673. The van der Waals surface area contributed by atoms with Crippen LogP contribution in [0.25, 0.3) is 5.65 Å². The summed E-state index contributed by atoms with van der Waals surface area (Å²) in [5.74, 6) is 0. The van der Waals surface area contributed by atoms with Crippen molar-refractivity contribution in [3.63, 3.8) is 0 Å². The lowest BCUT2D eigenvalue weighted by Crippen LogP contribution is -2.44. The van der Waals surface area contributed by atoms with Crippen LogP contribution in [0.5, 0.6) is 0 Å². The number of rotatable bonds is 5. The number of aryl methyl sites for hydroxylation is 1. The SMILES string of the molecule is CO[C@H](CNC(=O)NCc1cn2c(C)cccc2n1)C(C)(C)C. The minimum Gasteiger partial charge on any atom is -0.379 e. The average Bonchev–Trinajstić information content (AvgIpc) is 2.89. The van der Waals surface area contributed by atoms with E-state index < -0.39 is 0 Å². The van der Waals surface area contributed by atoms with Crippen LogP contribution < -0.4 is 10.6 Å². The van der Waals surface area contributed by atoms with Crippen molar-refractivity contribution in [1.82, 2.24) is 20.0 Å². The number of hydrogen-bond acceptors (Lipinski definition) is 3. The molecule has 2 heterocycles. The molecule has 23 heavy (non-hydrogen) atoms. The predicted molar refractivity (Wildman–Crippen MR) is 90.4 cm³/mol. The first-order valence-electron chi connectivity index (χ1n) is 7.79. The molecule has 2 aromatic rings. The van der Waals surface area contributed by atoms with Gasteiger partial charge in [-0.25, -0.2) is 9.78 Å². The van der Waals surface area contributed by atoms with Crippen molar-refractivity contribution in [2.24, 2.45) is 5.41 Å². The fourth-order valence-electron chi connectivity index (χ4n) is 2.45. The molecule has 0 radical (unpaired) electrons. The molecule has 0 aromatic carbocycles. The third-order valence-corrected chi connectivity index (χ3v) is 3.87. The van der Waals surface area contributed by atoms with Crippen LogP contribution in [-0.4, -0.2) is 35.2 Å². The number of hydrogen-bond donors (Lipinski definition) is 2. The molecule has 2 amide bonds. The summed E-state index contributed by atoms with van der Waals surface area (Å²) in [5, 5.41) is 5.67. The van der Waals surface area contributed by atoms with Crippen molar-refractivity contribution in [3.05, 3.63) is 35.8 Å². The van der Waals surface area contributed by atoms with E-state index in [1.54, 1.807) is 7.11 Å². The van der Waals surface area contributed by atoms with E-state index in [1.807, 2.05) is 35.7 Å². The zero-order chi connectivity index (χ0) is 17.0. The Balaban J connectivity index is 1.87. The molecule has 0 aliphatic rings. The Hall–Kier alpha value is -2.08. The second-order valence-corrected chi connectivity index (χ2v) is 6.78. The van der Waals surface area contributed by atoms with Gasteiger partial charge in [0.05, 0.1) is 18.3 Å². The molecule has 0 saturated heterocycles. The third kappa shape index (κ3) is 4.45. The molecule has 1 atom stereocenters. The first-order valence-corrected chi connectivity index (χ1v) is 7.79. The summed E-state index contributed by atoms with van der Waals surface area (Å²) < 4.78 is 7.43. The quantitative estimate of drug-likeness (QED) is 0.890. The van der Waals surface area contributed by atoms with E-state index in [9.17, 15) is 4.79 Å². The van der Waals surface area contributed by atoms with Crippen LogP contribution in [0.4, 0.5) is 4.79 Å². The largest absolute Gasteiger partial charge is 0.379 e. The van der Waals surface area contributed by atoms with Gasteiger partial charge in [-0.05, 0) is 24.5 Å². The van der Waals surface area contributed by atoms with Gasteiger partial charge in [-0.1, -0.05) is 26.8 Å². The molecule has 0 aliphatic heterocycles. The topological polar surface area (TPSA) is 67.7 Å². The van der Waals surface area contributed by atoms with E-state index in [0.29, 0.717) is 13.1 Å². The molecule has 0 unspecified atom stereocenters. The fraction of sp³-hybridized carbons (Fsp3) is 0.529. The van der Waals surface area contributed by atoms with Crippen LogP contribution in [0.3, 0.4) is 0 Å². The standard InChI is InChI=1S/C17H26N4O2/c1-12-7-6-8-15-20-13(11-21(12)15)9-18-16(22)19-10-14(23-5)17(2,3)4/h6-8,11,14H,9-10H2,1-5H3,(H2,18,19,22)/t14-/m1/s1. The van der Waals surface area contributed by atoms with Gasteiger partial charge in [-0.3, -0.25) is 0 Å². The van der Waals surface area contributed by atoms with Gasteiger partial charge in [-0.15, -0.1) is 0 Å². The first-order chi connectivity index (χ1) is 10.8. The molecule has 6 nitrogen and oxygen atoms in total. The third-order valence-electron chi connectivity index (χ3n) is 3.87. The van der Waals surface area contributed by atoms with Crippen LogP contribution in [0.15, 0.2) is 24.4 Å². The summed E-state index contributed by atoms with van der Waals surface area (Å²) in [4.78, 5) is 16.4. The predicted octanol–water partition coefficient (Wildman–Crippen LogP) is 2.50. The van der Waals surface area contributed by atoms with Crippen molar-refractivity contribution in [1.29, 1.82) is 0 Å². The minimum absolute atomic E-state index is 0.0266. The number of aromatic nitrogens is 2. The number of ether oxygens (including phenoxy) is 1. The molecular formula is C17H26N4O2. The van der Waals surface area contributed by atoms with E-state index in [1.165, 1.54) is 0 Å². The van der Waals surface area contributed by atoms with Crippen molar-refractivity contribution < 1.29 is 9.53 Å². The zero-order valence-corrected chi connectivity index (χ0v) is 14.5. The first kappa shape index (κ1) is 17.3. The van der Waals surface area contributed by atoms with Crippen LogP contribution in [0.1, 0.15) is 32.2 Å². The second-order valence-electron chi connectivity index (χ2n) is 6.78. The van der Waals surface area contributed by atoms with E-state index >= 15 is 0 Å². The van der Waals surface area contributed by atoms with E-state index in [2.05, 4.69) is 36.4 Å². The minimum atomic E-state index is -0.218. The highest BCUT2D eigenvalue weighted by Crippen LogP contribution is 2.20. The van der Waals surface area contributed by atoms with Crippen LogP contribution in [0, 0.1) is 12.3 Å². The number of fused-ring (bicyclic) bond motifs is 1. The van der Waals surface area contributed by atoms with Crippen LogP contribution >= 0.6 is 0 Å². The van der Waals surface area contributed by atoms with Gasteiger partial charge >= 0.3 is 6.03 Å². The molecule has 6 heteroatoms. The van der Waals surface area contributed by atoms with Crippen LogP contribution in [-0.2, 0) is 11.3 Å². The molecule has 0 saturated carbocycles. The Kier molecular flexibility index (Phi) is 5.26. The Morgan fingerprint density at radius 1 is 1.35 bits per heavy atom. The highest BCUT2D eigenvalue weighted by atomic mass is 16.5. The van der Waals surface area contributed by atoms with E-state index in [-0.39, 0.29) is 17.6 Å². The molecular weight excluding hydrogens is 292 g/mol. The summed E-state index contributed by atoms with van der Waals surface area (Å²) in [5.41, 5.74) is 2.79. The summed E-state index contributed by atoms with van der Waals surface area (Å²) in [7, 11) is 1.66. The molecule has 0 spiro atoms. The Labute approximate surface area is 137 Å².